The number of rotatable bonds is 4. The summed E-state index contributed by atoms with van der Waals surface area (Å²) < 4.78 is 63.8. The highest BCUT2D eigenvalue weighted by atomic mass is 35.5. The van der Waals surface area contributed by atoms with Crippen LogP contribution in [0.1, 0.15) is 5.69 Å². The molecule has 0 aliphatic rings. The summed E-state index contributed by atoms with van der Waals surface area (Å²) in [6, 6.07) is 9.14. The number of sulfonamides is 1. The lowest BCUT2D eigenvalue weighted by Crippen LogP contribution is -2.31. The number of hydrogen-bond acceptors (Lipinski definition) is 4. The van der Waals surface area contributed by atoms with Crippen LogP contribution in [0, 0.1) is 0 Å². The van der Waals surface area contributed by atoms with E-state index in [4.69, 9.17) is 22.5 Å². The van der Waals surface area contributed by atoms with E-state index in [1.807, 2.05) is 0 Å². The number of nitrogens with zero attached hydrogens (tertiary/aromatic N) is 3. The van der Waals surface area contributed by atoms with Crippen molar-refractivity contribution >= 4 is 33.3 Å². The maximum atomic E-state index is 13.3. The van der Waals surface area contributed by atoms with Gasteiger partial charge in [0.05, 0.1) is 21.3 Å². The van der Waals surface area contributed by atoms with Crippen LogP contribution in [0.15, 0.2) is 53.4 Å². The molecule has 0 spiro atoms. The molecular formula is C18H15ClF3N5O3S. The van der Waals surface area contributed by atoms with Crippen LogP contribution in [0.25, 0.3) is 16.9 Å². The second-order valence-electron chi connectivity index (χ2n) is 6.42. The van der Waals surface area contributed by atoms with Gasteiger partial charge < -0.3 is 5.73 Å². The van der Waals surface area contributed by atoms with Crippen molar-refractivity contribution in [3.8, 4) is 16.9 Å². The first-order valence-electron chi connectivity index (χ1n) is 8.42. The highest BCUT2D eigenvalue weighted by Crippen LogP contribution is 2.37. The zero-order valence-corrected chi connectivity index (χ0v) is 17.3. The maximum Gasteiger partial charge on any atom is 0.435 e. The fourth-order valence-electron chi connectivity index (χ4n) is 2.73. The molecule has 2 amide bonds. The molecule has 0 aliphatic carbocycles. The third kappa shape index (κ3) is 4.65. The number of urea groups is 1. The topological polar surface area (TPSA) is 124 Å². The van der Waals surface area contributed by atoms with Crippen LogP contribution in [-0.2, 0) is 16.2 Å². The Labute approximate surface area is 179 Å². The van der Waals surface area contributed by atoms with Crippen molar-refractivity contribution in [2.75, 3.05) is 11.9 Å². The van der Waals surface area contributed by atoms with Gasteiger partial charge in [0.2, 0.25) is 10.0 Å². The Bertz CT molecular complexity index is 1260. The molecule has 0 unspecified atom stereocenters. The molecule has 8 nitrogen and oxygen atoms in total. The van der Waals surface area contributed by atoms with Crippen LogP contribution >= 0.6 is 11.6 Å². The van der Waals surface area contributed by atoms with Crippen molar-refractivity contribution in [3.05, 3.63) is 59.2 Å². The van der Waals surface area contributed by atoms with E-state index in [2.05, 4.69) is 5.10 Å². The number of primary amides is 1. The third-order valence-electron chi connectivity index (χ3n) is 4.36. The number of carbonyl (C=O) groups is 1. The molecule has 0 fully saturated rings. The number of primary sulfonamides is 1. The lowest BCUT2D eigenvalue weighted by atomic mass is 10.1. The van der Waals surface area contributed by atoms with Crippen molar-refractivity contribution < 1.29 is 26.4 Å². The van der Waals surface area contributed by atoms with E-state index in [9.17, 15) is 26.4 Å². The van der Waals surface area contributed by atoms with Gasteiger partial charge in [-0.25, -0.2) is 23.0 Å². The van der Waals surface area contributed by atoms with Gasteiger partial charge in [0.25, 0.3) is 0 Å². The summed E-state index contributed by atoms with van der Waals surface area (Å²) in [5.74, 6) is 0. The van der Waals surface area contributed by atoms with Gasteiger partial charge in [-0.15, -0.1) is 0 Å². The number of aromatic nitrogens is 2. The Morgan fingerprint density at radius 3 is 2.23 bits per heavy atom. The molecule has 1 aromatic heterocycles. The minimum atomic E-state index is -4.74. The maximum absolute atomic E-state index is 13.3. The van der Waals surface area contributed by atoms with Crippen LogP contribution in [0.4, 0.5) is 23.7 Å². The van der Waals surface area contributed by atoms with Crippen LogP contribution in [-0.4, -0.2) is 31.3 Å². The number of halogens is 4. The molecule has 3 rings (SSSR count). The van der Waals surface area contributed by atoms with E-state index in [0.717, 1.165) is 27.8 Å². The van der Waals surface area contributed by atoms with Crippen molar-refractivity contribution in [3.63, 3.8) is 0 Å². The van der Waals surface area contributed by atoms with Crippen molar-refractivity contribution in [2.24, 2.45) is 10.9 Å². The minimum Gasteiger partial charge on any atom is -0.351 e. The van der Waals surface area contributed by atoms with Crippen LogP contribution in [0.2, 0.25) is 5.02 Å². The quantitative estimate of drug-likeness (QED) is 0.602. The molecule has 0 saturated carbocycles. The highest BCUT2D eigenvalue weighted by molar-refractivity contribution is 7.89. The van der Waals surface area contributed by atoms with E-state index in [-0.39, 0.29) is 26.9 Å². The van der Waals surface area contributed by atoms with Crippen molar-refractivity contribution in [2.45, 2.75) is 11.1 Å². The van der Waals surface area contributed by atoms with Crippen LogP contribution < -0.4 is 15.8 Å². The molecule has 2 aromatic carbocycles. The van der Waals surface area contributed by atoms with E-state index < -0.39 is 27.9 Å². The van der Waals surface area contributed by atoms with E-state index >= 15 is 0 Å². The standard InChI is InChI=1S/C18H15ClF3N5O3S/c1-26(17(23)28)11-4-7-13(14(19)8-11)15-9-16(18(20,21)22)25-27(15)10-2-5-12(6-3-10)31(24,29)30/h2-9H,1H3,(H2,23,28)(H2,24,29,30). The Balaban J connectivity index is 2.17. The van der Waals surface area contributed by atoms with Gasteiger partial charge in [0, 0.05) is 18.3 Å². The molecule has 0 saturated heterocycles. The summed E-state index contributed by atoms with van der Waals surface area (Å²) in [4.78, 5) is 12.2. The fourth-order valence-corrected chi connectivity index (χ4v) is 3.52. The summed E-state index contributed by atoms with van der Waals surface area (Å²) in [7, 11) is -2.57. The SMILES string of the molecule is CN(C(N)=O)c1ccc(-c2cc(C(F)(F)F)nn2-c2ccc(S(N)(=O)=O)cc2)c(Cl)c1. The van der Waals surface area contributed by atoms with Gasteiger partial charge in [-0.3, -0.25) is 4.90 Å². The van der Waals surface area contributed by atoms with E-state index in [0.29, 0.717) is 5.69 Å². The van der Waals surface area contributed by atoms with Gasteiger partial charge in [-0.1, -0.05) is 11.6 Å². The Morgan fingerprint density at radius 2 is 1.74 bits per heavy atom. The minimum absolute atomic E-state index is 0.00559. The normalized spacial score (nSPS) is 12.1. The van der Waals surface area contributed by atoms with E-state index in [1.54, 1.807) is 0 Å². The lowest BCUT2D eigenvalue weighted by molar-refractivity contribution is -0.141. The smallest absolute Gasteiger partial charge is 0.351 e. The number of anilines is 1. The number of benzene rings is 2. The summed E-state index contributed by atoms with van der Waals surface area (Å²) >= 11 is 6.28. The van der Waals surface area contributed by atoms with E-state index in [1.165, 1.54) is 37.4 Å². The van der Waals surface area contributed by atoms with Gasteiger partial charge in [0.15, 0.2) is 5.69 Å². The zero-order valence-electron chi connectivity index (χ0n) is 15.8. The molecule has 0 bridgehead atoms. The Morgan fingerprint density at radius 1 is 1.13 bits per heavy atom. The van der Waals surface area contributed by atoms with Crippen LogP contribution in [0.5, 0.6) is 0 Å². The predicted molar refractivity (Wildman–Crippen MR) is 108 cm³/mol. The number of nitrogens with two attached hydrogens (primary N) is 2. The first-order chi connectivity index (χ1) is 14.3. The first-order valence-corrected chi connectivity index (χ1v) is 10.3. The summed E-state index contributed by atoms with van der Waals surface area (Å²) in [5.41, 5.74) is 4.71. The van der Waals surface area contributed by atoms with Crippen LogP contribution in [0.3, 0.4) is 0 Å². The average molecular weight is 474 g/mol. The second-order valence-corrected chi connectivity index (χ2v) is 8.39. The van der Waals surface area contributed by atoms with Crippen molar-refractivity contribution in [1.82, 2.24) is 9.78 Å². The fraction of sp³-hybridized carbons (Fsp3) is 0.111. The molecule has 0 aliphatic heterocycles. The number of alkyl halides is 3. The second kappa shape index (κ2) is 7.87. The summed E-state index contributed by atoms with van der Waals surface area (Å²) in [5, 5.41) is 8.71. The highest BCUT2D eigenvalue weighted by Gasteiger charge is 2.35. The molecule has 1 heterocycles. The third-order valence-corrected chi connectivity index (χ3v) is 5.60. The molecule has 0 radical (unpaired) electrons. The molecule has 3 aromatic rings. The van der Waals surface area contributed by atoms with Crippen molar-refractivity contribution in [1.29, 1.82) is 0 Å². The average Bonchev–Trinajstić information content (AvgIpc) is 3.12. The monoisotopic (exact) mass is 473 g/mol. The molecule has 13 heteroatoms. The predicted octanol–water partition coefficient (Wildman–Crippen LogP) is 3.37. The zero-order chi connectivity index (χ0) is 23.1. The molecule has 164 valence electrons. The largest absolute Gasteiger partial charge is 0.435 e. The van der Waals surface area contributed by atoms with Gasteiger partial charge in [-0.2, -0.15) is 18.3 Å². The number of hydrogen-bond donors (Lipinski definition) is 2. The molecule has 0 atom stereocenters. The van der Waals surface area contributed by atoms with Gasteiger partial charge in [0.1, 0.15) is 0 Å². The summed E-state index contributed by atoms with van der Waals surface area (Å²) in [6.07, 6.45) is -4.74. The Hall–Kier alpha value is -3.09. The summed E-state index contributed by atoms with van der Waals surface area (Å²) in [6.45, 7) is 0. The number of amides is 2. The lowest BCUT2D eigenvalue weighted by Gasteiger charge is -2.16. The van der Waals surface area contributed by atoms with Gasteiger partial charge in [-0.05, 0) is 48.5 Å². The first kappa shape index (κ1) is 22.6. The Kier molecular flexibility index (Phi) is 5.74. The van der Waals surface area contributed by atoms with Gasteiger partial charge >= 0.3 is 12.2 Å². The number of carbonyl (C=O) groups excluding carboxylic acids is 1. The molecule has 4 N–H and O–H groups in total. The molecule has 31 heavy (non-hydrogen) atoms. The molecular weight excluding hydrogens is 459 g/mol.